The Morgan fingerprint density at radius 2 is 2.22 bits per heavy atom. The van der Waals surface area contributed by atoms with Gasteiger partial charge in [0.25, 0.3) is 0 Å². The molecule has 3 rings (SSSR count). The molecule has 1 N–H and O–H groups in total. The van der Waals surface area contributed by atoms with Gasteiger partial charge in [0.15, 0.2) is 0 Å². The van der Waals surface area contributed by atoms with E-state index in [2.05, 4.69) is 5.32 Å². The van der Waals surface area contributed by atoms with Crippen LogP contribution in [0.2, 0.25) is 0 Å². The molecule has 1 aliphatic carbocycles. The zero-order valence-electron chi connectivity index (χ0n) is 13.1. The topological polar surface area (TPSA) is 78.5 Å². The maximum absolute atomic E-state index is 12.1. The number of hydrogen-bond donors (Lipinski definition) is 1. The maximum atomic E-state index is 12.1. The molecule has 0 spiro atoms. The maximum Gasteiger partial charge on any atom is 0.338 e. The number of benzene rings is 1. The summed E-state index contributed by atoms with van der Waals surface area (Å²) in [4.78, 5) is 23.5. The van der Waals surface area contributed by atoms with Crippen molar-refractivity contribution >= 4 is 17.6 Å². The van der Waals surface area contributed by atoms with Crippen LogP contribution in [0.3, 0.4) is 0 Å². The Morgan fingerprint density at radius 3 is 2.96 bits per heavy atom. The fraction of sp³-hybridized carbons (Fsp3) is 0.444. The predicted octanol–water partition coefficient (Wildman–Crippen LogP) is 1.85. The van der Waals surface area contributed by atoms with Crippen LogP contribution in [0, 0.1) is 5.92 Å². The molecule has 0 aromatic heterocycles. The average molecular weight is 314 g/mol. The molecule has 1 aromatic rings. The van der Waals surface area contributed by atoms with Gasteiger partial charge >= 0.3 is 5.97 Å². The van der Waals surface area contributed by atoms with E-state index in [4.69, 9.17) is 4.74 Å². The largest absolute Gasteiger partial charge is 0.548 e. The van der Waals surface area contributed by atoms with E-state index in [-0.39, 0.29) is 17.8 Å². The van der Waals surface area contributed by atoms with E-state index >= 15 is 0 Å². The third kappa shape index (κ3) is 2.96. The number of unbranched alkanes of at least 4 members (excludes halogenated alkanes) is 1. The predicted molar refractivity (Wildman–Crippen MR) is 84.0 cm³/mol. The fourth-order valence-corrected chi connectivity index (χ4v) is 3.35. The van der Waals surface area contributed by atoms with Crippen molar-refractivity contribution in [2.24, 2.45) is 5.92 Å². The molecule has 5 nitrogen and oxygen atoms in total. The molecule has 3 atom stereocenters. The first-order chi connectivity index (χ1) is 11.1. The van der Waals surface area contributed by atoms with Crippen LogP contribution in [0.1, 0.15) is 48.0 Å². The Hall–Kier alpha value is -2.30. The molecule has 0 fully saturated rings. The van der Waals surface area contributed by atoms with Gasteiger partial charge in [-0.25, -0.2) is 4.79 Å². The van der Waals surface area contributed by atoms with Crippen LogP contribution in [0.4, 0.5) is 5.69 Å². The molecular formula is C18H20NO4-. The third-order valence-corrected chi connectivity index (χ3v) is 4.58. The van der Waals surface area contributed by atoms with Gasteiger partial charge in [0, 0.05) is 11.6 Å². The van der Waals surface area contributed by atoms with Crippen LogP contribution in [0.25, 0.3) is 0 Å². The zero-order valence-corrected chi connectivity index (χ0v) is 13.1. The van der Waals surface area contributed by atoms with Gasteiger partial charge in [0.2, 0.25) is 0 Å². The number of fused-ring (bicyclic) bond motifs is 3. The van der Waals surface area contributed by atoms with Crippen molar-refractivity contribution in [2.75, 3.05) is 11.9 Å². The highest BCUT2D eigenvalue weighted by Gasteiger charge is 2.38. The smallest absolute Gasteiger partial charge is 0.338 e. The molecule has 1 aliphatic heterocycles. The van der Waals surface area contributed by atoms with E-state index in [0.717, 1.165) is 24.1 Å². The van der Waals surface area contributed by atoms with Crippen molar-refractivity contribution in [2.45, 2.75) is 38.1 Å². The number of hydrogen-bond acceptors (Lipinski definition) is 5. The van der Waals surface area contributed by atoms with E-state index in [1.54, 1.807) is 12.1 Å². The summed E-state index contributed by atoms with van der Waals surface area (Å²) in [5.74, 6) is -1.49. The quantitative estimate of drug-likeness (QED) is 0.510. The Bertz CT molecular complexity index is 652. The summed E-state index contributed by atoms with van der Waals surface area (Å²) in [6, 6.07) is 4.54. The summed E-state index contributed by atoms with van der Waals surface area (Å²) >= 11 is 0. The average Bonchev–Trinajstić information content (AvgIpc) is 3.03. The van der Waals surface area contributed by atoms with Crippen molar-refractivity contribution in [1.29, 1.82) is 0 Å². The third-order valence-electron chi connectivity index (χ3n) is 4.58. The van der Waals surface area contributed by atoms with Crippen molar-refractivity contribution in [3.63, 3.8) is 0 Å². The van der Waals surface area contributed by atoms with Gasteiger partial charge in [-0.15, -0.1) is 0 Å². The minimum Gasteiger partial charge on any atom is -0.548 e. The van der Waals surface area contributed by atoms with E-state index in [0.29, 0.717) is 18.6 Å². The number of carbonyl (C=O) groups is 2. The van der Waals surface area contributed by atoms with Crippen LogP contribution >= 0.6 is 0 Å². The Morgan fingerprint density at radius 1 is 1.39 bits per heavy atom. The minimum absolute atomic E-state index is 0.00228. The first-order valence-electron chi connectivity index (χ1n) is 8.07. The van der Waals surface area contributed by atoms with Gasteiger partial charge in [0.05, 0.1) is 24.2 Å². The van der Waals surface area contributed by atoms with Gasteiger partial charge in [0.1, 0.15) is 0 Å². The van der Waals surface area contributed by atoms with Gasteiger partial charge in [-0.1, -0.05) is 25.5 Å². The lowest BCUT2D eigenvalue weighted by atomic mass is 9.79. The van der Waals surface area contributed by atoms with Crippen LogP contribution in [-0.2, 0) is 9.53 Å². The number of nitrogens with one attached hydrogen (secondary N) is 1. The monoisotopic (exact) mass is 314 g/mol. The molecule has 0 unspecified atom stereocenters. The number of allylic oxidation sites excluding steroid dienone is 2. The minimum atomic E-state index is -1.09. The van der Waals surface area contributed by atoms with Crippen molar-refractivity contribution in [3.8, 4) is 0 Å². The van der Waals surface area contributed by atoms with Crippen molar-refractivity contribution in [1.82, 2.24) is 0 Å². The summed E-state index contributed by atoms with van der Waals surface area (Å²) in [7, 11) is 0. The van der Waals surface area contributed by atoms with E-state index in [1.807, 2.05) is 25.1 Å². The molecule has 1 heterocycles. The molecule has 23 heavy (non-hydrogen) atoms. The molecule has 0 amide bonds. The van der Waals surface area contributed by atoms with E-state index < -0.39 is 12.0 Å². The Balaban J connectivity index is 1.85. The summed E-state index contributed by atoms with van der Waals surface area (Å²) < 4.78 is 5.25. The molecular weight excluding hydrogens is 294 g/mol. The molecule has 0 radical (unpaired) electrons. The molecule has 0 saturated carbocycles. The lowest BCUT2D eigenvalue weighted by Gasteiger charge is -2.37. The normalized spacial score (nSPS) is 24.5. The first-order valence-corrected chi connectivity index (χ1v) is 8.07. The Labute approximate surface area is 135 Å². The number of ether oxygens (including phenoxy) is 1. The van der Waals surface area contributed by atoms with Crippen LogP contribution < -0.4 is 10.4 Å². The second kappa shape index (κ2) is 6.44. The fourth-order valence-electron chi connectivity index (χ4n) is 3.35. The molecule has 0 saturated heterocycles. The number of carbonyl (C=O) groups excluding carboxylic acids is 2. The molecule has 5 heteroatoms. The summed E-state index contributed by atoms with van der Waals surface area (Å²) in [5.41, 5.74) is 2.20. The second-order valence-corrected chi connectivity index (χ2v) is 6.09. The lowest BCUT2D eigenvalue weighted by molar-refractivity contribution is -0.308. The van der Waals surface area contributed by atoms with Crippen LogP contribution in [-0.4, -0.2) is 24.6 Å². The van der Waals surface area contributed by atoms with Gasteiger partial charge < -0.3 is 20.0 Å². The highest BCUT2D eigenvalue weighted by Crippen LogP contribution is 2.44. The zero-order chi connectivity index (χ0) is 16.4. The molecule has 122 valence electrons. The molecule has 2 aliphatic rings. The van der Waals surface area contributed by atoms with Gasteiger partial charge in [-0.2, -0.15) is 0 Å². The second-order valence-electron chi connectivity index (χ2n) is 6.09. The van der Waals surface area contributed by atoms with Crippen molar-refractivity contribution in [3.05, 3.63) is 41.5 Å². The summed E-state index contributed by atoms with van der Waals surface area (Å²) in [5, 5.41) is 14.4. The number of anilines is 1. The number of carboxylic acids is 1. The standard InChI is InChI=1S/C18H21NO4/c1-2-3-9-23-18(22)11-7-8-15-14(10-11)12-5-4-6-13(12)16(19-15)17(20)21/h4-5,7-8,10,12-13,16,19H,2-3,6,9H2,1H3,(H,20,21)/p-1/t12-,13-,16+/m0/s1. The highest BCUT2D eigenvalue weighted by atomic mass is 16.5. The van der Waals surface area contributed by atoms with E-state index in [9.17, 15) is 14.7 Å². The lowest BCUT2D eigenvalue weighted by Crippen LogP contribution is -2.48. The number of aliphatic carboxylic acids is 1. The van der Waals surface area contributed by atoms with Gasteiger partial charge in [-0.3, -0.25) is 0 Å². The van der Waals surface area contributed by atoms with Crippen LogP contribution in [0.5, 0.6) is 0 Å². The molecule has 1 aromatic carbocycles. The first kappa shape index (κ1) is 15.6. The van der Waals surface area contributed by atoms with Crippen LogP contribution in [0.15, 0.2) is 30.4 Å². The number of carboxylic acid groups (broad SMARTS) is 1. The highest BCUT2D eigenvalue weighted by molar-refractivity contribution is 5.91. The molecule has 0 bridgehead atoms. The Kier molecular flexibility index (Phi) is 4.37. The van der Waals surface area contributed by atoms with Gasteiger partial charge in [-0.05, 0) is 42.5 Å². The van der Waals surface area contributed by atoms with Crippen molar-refractivity contribution < 1.29 is 19.4 Å². The SMILES string of the molecule is CCCCOC(=O)c1ccc2c(c1)[C@H]1C=CC[C@@H]1[C@H](C(=O)[O-])N2. The summed E-state index contributed by atoms with van der Waals surface area (Å²) in [6.07, 6.45) is 6.53. The van der Waals surface area contributed by atoms with E-state index in [1.165, 1.54) is 0 Å². The number of esters is 1. The number of rotatable bonds is 5. The summed E-state index contributed by atoms with van der Waals surface area (Å²) in [6.45, 7) is 2.46.